The van der Waals surface area contributed by atoms with Gasteiger partial charge in [0, 0.05) is 0 Å². The fourth-order valence-corrected chi connectivity index (χ4v) is 1.07. The Morgan fingerprint density at radius 2 is 1.84 bits per heavy atom. The number of aliphatic hydroxyl groups is 1. The van der Waals surface area contributed by atoms with Gasteiger partial charge in [-0.15, -0.1) is 0 Å². The predicted molar refractivity (Wildman–Crippen MR) is 57.0 cm³/mol. The van der Waals surface area contributed by atoms with Crippen LogP contribution in [0.3, 0.4) is 0 Å². The van der Waals surface area contributed by atoms with Crippen LogP contribution in [0.25, 0.3) is 0 Å². The molecule has 0 aromatic heterocycles. The van der Waals surface area contributed by atoms with Crippen LogP contribution >= 0.6 is 0 Å². The number of amides is 2. The third-order valence-electron chi connectivity index (χ3n) is 2.02. The average Bonchev–Trinajstić information content (AvgIpc) is 2.36. The monoisotopic (exact) mass is 278 g/mol. The lowest BCUT2D eigenvalue weighted by molar-refractivity contribution is -0.146. The van der Waals surface area contributed by atoms with Crippen LogP contribution in [0.5, 0.6) is 0 Å². The van der Waals surface area contributed by atoms with E-state index in [-0.39, 0.29) is 0 Å². The Labute approximate surface area is 104 Å². The molecule has 1 rings (SSSR count). The number of carboxylic acids is 1. The highest BCUT2D eigenvalue weighted by atomic mass is 19.2. The minimum absolute atomic E-state index is 0.611. The maximum atomic E-state index is 13.1. The normalized spacial score (nSPS) is 11.8. The van der Waals surface area contributed by atoms with Gasteiger partial charge < -0.3 is 20.8 Å². The second kappa shape index (κ2) is 6.05. The van der Waals surface area contributed by atoms with Crippen molar-refractivity contribution in [1.29, 1.82) is 0 Å². The van der Waals surface area contributed by atoms with Crippen molar-refractivity contribution in [3.63, 3.8) is 0 Å². The van der Waals surface area contributed by atoms with E-state index in [1.165, 1.54) is 0 Å². The molecule has 0 unspecified atom stereocenters. The highest BCUT2D eigenvalue weighted by Gasteiger charge is 2.17. The Kier molecular flexibility index (Phi) is 4.70. The first-order valence-electron chi connectivity index (χ1n) is 4.92. The fourth-order valence-electron chi connectivity index (χ4n) is 1.07. The zero-order valence-electron chi connectivity index (χ0n) is 9.28. The van der Waals surface area contributed by atoms with Crippen LogP contribution < -0.4 is 10.6 Å². The van der Waals surface area contributed by atoms with Crippen molar-refractivity contribution in [2.24, 2.45) is 0 Å². The molecule has 0 aliphatic carbocycles. The zero-order valence-corrected chi connectivity index (χ0v) is 9.28. The van der Waals surface area contributed by atoms with Crippen LogP contribution in [0.15, 0.2) is 12.1 Å². The van der Waals surface area contributed by atoms with Gasteiger partial charge in [-0.2, -0.15) is 0 Å². The number of rotatable bonds is 4. The van der Waals surface area contributed by atoms with Crippen LogP contribution in [-0.2, 0) is 4.79 Å². The Morgan fingerprint density at radius 3 is 2.42 bits per heavy atom. The fraction of sp³-hybridized carbons (Fsp3) is 0.200. The van der Waals surface area contributed by atoms with Gasteiger partial charge in [0.15, 0.2) is 23.6 Å². The second-order valence-corrected chi connectivity index (χ2v) is 3.41. The van der Waals surface area contributed by atoms with Crippen molar-refractivity contribution in [2.45, 2.75) is 6.10 Å². The van der Waals surface area contributed by atoms with Gasteiger partial charge in [-0.05, 0) is 12.1 Å². The molecular formula is C10H9F3N2O4. The second-order valence-electron chi connectivity index (χ2n) is 3.41. The van der Waals surface area contributed by atoms with E-state index in [4.69, 9.17) is 10.2 Å². The van der Waals surface area contributed by atoms with Gasteiger partial charge in [-0.25, -0.2) is 22.8 Å². The molecule has 0 spiro atoms. The number of carbonyl (C=O) groups excluding carboxylic acids is 1. The summed E-state index contributed by atoms with van der Waals surface area (Å²) in [6, 6.07) is 0.325. The molecule has 0 aliphatic rings. The van der Waals surface area contributed by atoms with Crippen LogP contribution in [0.2, 0.25) is 0 Å². The quantitative estimate of drug-likeness (QED) is 0.608. The van der Waals surface area contributed by atoms with E-state index in [0.717, 1.165) is 6.07 Å². The number of aliphatic hydroxyl groups excluding tert-OH is 1. The predicted octanol–water partition coefficient (Wildman–Crippen LogP) is 0.671. The van der Waals surface area contributed by atoms with E-state index in [0.29, 0.717) is 6.07 Å². The Morgan fingerprint density at radius 1 is 1.21 bits per heavy atom. The van der Waals surface area contributed by atoms with E-state index < -0.39 is 47.8 Å². The first-order chi connectivity index (χ1) is 8.82. The molecule has 1 atom stereocenters. The first kappa shape index (κ1) is 14.8. The van der Waals surface area contributed by atoms with E-state index >= 15 is 0 Å². The molecule has 104 valence electrons. The molecule has 6 nitrogen and oxygen atoms in total. The zero-order chi connectivity index (χ0) is 14.6. The number of halogens is 3. The molecular weight excluding hydrogens is 269 g/mol. The van der Waals surface area contributed by atoms with Gasteiger partial charge in [-0.3, -0.25) is 0 Å². The molecule has 9 heteroatoms. The summed E-state index contributed by atoms with van der Waals surface area (Å²) in [6.45, 7) is -0.632. The number of benzene rings is 1. The lowest BCUT2D eigenvalue weighted by Gasteiger charge is -2.10. The van der Waals surface area contributed by atoms with E-state index in [1.54, 1.807) is 0 Å². The van der Waals surface area contributed by atoms with Crippen molar-refractivity contribution < 1.29 is 33.0 Å². The number of anilines is 1. The lowest BCUT2D eigenvalue weighted by atomic mass is 10.3. The molecule has 0 saturated carbocycles. The first-order valence-corrected chi connectivity index (χ1v) is 4.92. The molecule has 2 amide bonds. The van der Waals surface area contributed by atoms with Gasteiger partial charge >= 0.3 is 12.0 Å². The van der Waals surface area contributed by atoms with Crippen molar-refractivity contribution in [3.05, 3.63) is 29.6 Å². The molecule has 0 heterocycles. The van der Waals surface area contributed by atoms with Gasteiger partial charge in [0.2, 0.25) is 0 Å². The summed E-state index contributed by atoms with van der Waals surface area (Å²) in [6.07, 6.45) is -1.83. The number of urea groups is 1. The number of aliphatic carboxylic acids is 1. The highest BCUT2D eigenvalue weighted by Crippen LogP contribution is 2.19. The van der Waals surface area contributed by atoms with Gasteiger partial charge in [0.05, 0.1) is 12.2 Å². The van der Waals surface area contributed by atoms with Crippen molar-refractivity contribution in [2.75, 3.05) is 11.9 Å². The Hall–Kier alpha value is -2.29. The molecule has 0 aliphatic heterocycles. The topological polar surface area (TPSA) is 98.7 Å². The lowest BCUT2D eigenvalue weighted by Crippen LogP contribution is -2.38. The van der Waals surface area contributed by atoms with Crippen LogP contribution in [0.4, 0.5) is 23.7 Å². The van der Waals surface area contributed by atoms with Gasteiger partial charge in [0.1, 0.15) is 0 Å². The smallest absolute Gasteiger partial charge is 0.334 e. The summed E-state index contributed by atoms with van der Waals surface area (Å²) < 4.78 is 38.6. The van der Waals surface area contributed by atoms with Gasteiger partial charge in [-0.1, -0.05) is 0 Å². The Balaban J connectivity index is 2.63. The summed E-state index contributed by atoms with van der Waals surface area (Å²) >= 11 is 0. The molecule has 0 saturated heterocycles. The molecule has 0 bridgehead atoms. The molecule has 1 aromatic carbocycles. The number of carboxylic acid groups (broad SMARTS) is 1. The number of nitrogens with one attached hydrogen (secondary N) is 2. The summed E-state index contributed by atoms with van der Waals surface area (Å²) in [5.74, 6) is -6.30. The maximum Gasteiger partial charge on any atom is 0.334 e. The van der Waals surface area contributed by atoms with E-state index in [1.807, 2.05) is 10.6 Å². The minimum Gasteiger partial charge on any atom is -0.479 e. The number of carbonyl (C=O) groups is 2. The summed E-state index contributed by atoms with van der Waals surface area (Å²) in [5.41, 5.74) is -0.624. The summed E-state index contributed by atoms with van der Waals surface area (Å²) in [5, 5.41) is 20.9. The highest BCUT2D eigenvalue weighted by molar-refractivity contribution is 5.89. The van der Waals surface area contributed by atoms with E-state index in [9.17, 15) is 22.8 Å². The SMILES string of the molecule is O=C(NC[C@H](O)C(=O)O)Nc1ccc(F)c(F)c1F. The van der Waals surface area contributed by atoms with Crippen molar-refractivity contribution in [3.8, 4) is 0 Å². The standard InChI is InChI=1S/C10H9F3N2O4/c11-4-1-2-5(8(13)7(4)12)15-10(19)14-3-6(16)9(17)18/h1-2,6,16H,3H2,(H,17,18)(H2,14,15,19)/t6-/m0/s1. The van der Waals surface area contributed by atoms with Crippen LogP contribution in [-0.4, -0.2) is 34.9 Å². The molecule has 4 N–H and O–H groups in total. The van der Waals surface area contributed by atoms with Crippen LogP contribution in [0.1, 0.15) is 0 Å². The number of hydrogen-bond acceptors (Lipinski definition) is 3. The molecule has 0 radical (unpaired) electrons. The Bertz CT molecular complexity index is 510. The molecule has 19 heavy (non-hydrogen) atoms. The largest absolute Gasteiger partial charge is 0.479 e. The molecule has 0 fully saturated rings. The minimum atomic E-state index is -1.83. The van der Waals surface area contributed by atoms with Gasteiger partial charge in [0.25, 0.3) is 0 Å². The average molecular weight is 278 g/mol. The molecule has 1 aromatic rings. The van der Waals surface area contributed by atoms with Crippen LogP contribution in [0, 0.1) is 17.5 Å². The van der Waals surface area contributed by atoms with Crippen molar-refractivity contribution in [1.82, 2.24) is 5.32 Å². The third kappa shape index (κ3) is 3.85. The van der Waals surface area contributed by atoms with Crippen molar-refractivity contribution >= 4 is 17.7 Å². The van der Waals surface area contributed by atoms with E-state index in [2.05, 4.69) is 0 Å². The number of hydrogen-bond donors (Lipinski definition) is 4. The summed E-state index contributed by atoms with van der Waals surface area (Å²) in [4.78, 5) is 21.4. The third-order valence-corrected chi connectivity index (χ3v) is 2.02. The summed E-state index contributed by atoms with van der Waals surface area (Å²) in [7, 11) is 0. The maximum absolute atomic E-state index is 13.1.